The second-order valence-corrected chi connectivity index (χ2v) is 7.15. The van der Waals surface area contributed by atoms with Crippen molar-refractivity contribution in [2.75, 3.05) is 19.5 Å². The van der Waals surface area contributed by atoms with E-state index in [0.29, 0.717) is 5.76 Å². The summed E-state index contributed by atoms with van der Waals surface area (Å²) in [7, 11) is 1.60. The molecule has 0 aliphatic carbocycles. The molecule has 1 amide bonds. The molecule has 0 saturated heterocycles. The lowest BCUT2D eigenvalue weighted by atomic mass is 10.2. The quantitative estimate of drug-likeness (QED) is 0.456. The number of hydrogen-bond donors (Lipinski definition) is 1. The number of ether oxygens (including phenoxy) is 2. The zero-order valence-corrected chi connectivity index (χ0v) is 16.5. The molecule has 1 aromatic heterocycles. The highest BCUT2D eigenvalue weighted by Gasteiger charge is 2.15. The van der Waals surface area contributed by atoms with Gasteiger partial charge in [0.1, 0.15) is 17.1 Å². The number of amides is 1. The fraction of sp³-hybridized carbons (Fsp3) is 0.238. The molecule has 1 heterocycles. The second-order valence-electron chi connectivity index (χ2n) is 6.10. The molecule has 0 fully saturated rings. The molecule has 146 valence electrons. The Labute approximate surface area is 167 Å². The molecule has 2 aromatic carbocycles. The van der Waals surface area contributed by atoms with Gasteiger partial charge in [-0.2, -0.15) is 0 Å². The van der Waals surface area contributed by atoms with E-state index in [1.54, 1.807) is 7.11 Å². The highest BCUT2D eigenvalue weighted by atomic mass is 32.2. The minimum atomic E-state index is -0.452. The number of para-hydroxylation sites is 1. The number of furan rings is 1. The monoisotopic (exact) mass is 399 g/mol. The number of methoxy groups -OCH3 is 1. The largest absolute Gasteiger partial charge is 0.497 e. The van der Waals surface area contributed by atoms with E-state index in [0.717, 1.165) is 21.6 Å². The molecule has 0 bridgehead atoms. The summed E-state index contributed by atoms with van der Waals surface area (Å²) in [6, 6.07) is 16.5. The van der Waals surface area contributed by atoms with Gasteiger partial charge in [-0.05, 0) is 43.3 Å². The number of benzene rings is 2. The average Bonchev–Trinajstić information content (AvgIpc) is 3.15. The summed E-state index contributed by atoms with van der Waals surface area (Å²) in [5.74, 6) is 0.694. The Balaban J connectivity index is 1.42. The number of hydrogen-bond acceptors (Lipinski definition) is 6. The van der Waals surface area contributed by atoms with E-state index >= 15 is 0 Å². The summed E-state index contributed by atoms with van der Waals surface area (Å²) in [6.45, 7) is 1.49. The van der Waals surface area contributed by atoms with Crippen LogP contribution in [0.4, 0.5) is 0 Å². The molecule has 0 unspecified atom stereocenters. The van der Waals surface area contributed by atoms with E-state index in [1.165, 1.54) is 11.8 Å². The van der Waals surface area contributed by atoms with Gasteiger partial charge in [0.2, 0.25) is 0 Å². The first kappa shape index (κ1) is 19.8. The maximum atomic E-state index is 12.0. The van der Waals surface area contributed by atoms with Gasteiger partial charge >= 0.3 is 5.97 Å². The van der Waals surface area contributed by atoms with Crippen LogP contribution in [0.2, 0.25) is 0 Å². The first-order valence-corrected chi connectivity index (χ1v) is 9.74. The highest BCUT2D eigenvalue weighted by Crippen LogP contribution is 2.23. The number of esters is 1. The molecule has 6 nitrogen and oxygen atoms in total. The lowest BCUT2D eigenvalue weighted by Gasteiger charge is -2.11. The Bertz CT molecular complexity index is 918. The smallest absolute Gasteiger partial charge is 0.316 e. The third kappa shape index (κ3) is 5.29. The molecule has 0 aliphatic rings. The van der Waals surface area contributed by atoms with Crippen molar-refractivity contribution in [1.29, 1.82) is 0 Å². The van der Waals surface area contributed by atoms with E-state index in [2.05, 4.69) is 5.32 Å². The number of thioether (sulfide) groups is 1. The lowest BCUT2D eigenvalue weighted by Crippen LogP contribution is -2.31. The van der Waals surface area contributed by atoms with Crippen LogP contribution in [0.15, 0.2) is 63.9 Å². The van der Waals surface area contributed by atoms with E-state index in [1.807, 2.05) is 61.5 Å². The van der Waals surface area contributed by atoms with Crippen molar-refractivity contribution in [2.45, 2.75) is 17.9 Å². The Hall–Kier alpha value is -2.93. The van der Waals surface area contributed by atoms with Gasteiger partial charge in [-0.15, -0.1) is 11.8 Å². The van der Waals surface area contributed by atoms with Gasteiger partial charge in [-0.25, -0.2) is 0 Å². The van der Waals surface area contributed by atoms with Crippen LogP contribution in [-0.4, -0.2) is 31.3 Å². The molecule has 3 rings (SSSR count). The van der Waals surface area contributed by atoms with Crippen molar-refractivity contribution in [3.63, 3.8) is 0 Å². The third-order valence-electron chi connectivity index (χ3n) is 4.03. The van der Waals surface area contributed by atoms with Crippen molar-refractivity contribution in [2.24, 2.45) is 0 Å². The standard InChI is InChI=1S/C21H21NO5S/c1-14(19-11-15-5-3-4-6-18(15)27-19)22-20(23)12-26-21(24)13-28-17-9-7-16(25-2)8-10-17/h3-11,14H,12-13H2,1-2H3,(H,22,23)/t14-/m1/s1. The summed E-state index contributed by atoms with van der Waals surface area (Å²) in [5, 5.41) is 3.74. The normalized spacial score (nSPS) is 11.8. The Morgan fingerprint density at radius 1 is 1.14 bits per heavy atom. The molecule has 0 saturated carbocycles. The lowest BCUT2D eigenvalue weighted by molar-refractivity contribution is -0.146. The number of carbonyl (C=O) groups excluding carboxylic acids is 2. The first-order chi connectivity index (χ1) is 13.5. The molecule has 0 aliphatic heterocycles. The maximum Gasteiger partial charge on any atom is 0.316 e. The summed E-state index contributed by atoms with van der Waals surface area (Å²) in [4.78, 5) is 24.8. The fourth-order valence-corrected chi connectivity index (χ4v) is 3.27. The number of rotatable bonds is 8. The van der Waals surface area contributed by atoms with Crippen LogP contribution in [-0.2, 0) is 14.3 Å². The predicted octanol–water partition coefficient (Wildman–Crippen LogP) is 3.95. The molecule has 0 radical (unpaired) electrons. The molecule has 28 heavy (non-hydrogen) atoms. The molecule has 1 atom stereocenters. The van der Waals surface area contributed by atoms with Crippen LogP contribution in [0.25, 0.3) is 11.0 Å². The summed E-state index contributed by atoms with van der Waals surface area (Å²) in [5.41, 5.74) is 0.764. The first-order valence-electron chi connectivity index (χ1n) is 8.75. The molecule has 7 heteroatoms. The van der Waals surface area contributed by atoms with Crippen molar-refractivity contribution < 1.29 is 23.5 Å². The Kier molecular flexibility index (Phi) is 6.60. The van der Waals surface area contributed by atoms with Gasteiger partial charge < -0.3 is 19.2 Å². The third-order valence-corrected chi connectivity index (χ3v) is 5.01. The fourth-order valence-electron chi connectivity index (χ4n) is 2.57. The van der Waals surface area contributed by atoms with Gasteiger partial charge in [0, 0.05) is 10.3 Å². The number of fused-ring (bicyclic) bond motifs is 1. The van der Waals surface area contributed by atoms with Crippen LogP contribution < -0.4 is 10.1 Å². The van der Waals surface area contributed by atoms with Crippen LogP contribution in [0.5, 0.6) is 5.75 Å². The van der Waals surface area contributed by atoms with Crippen LogP contribution in [0, 0.1) is 0 Å². The van der Waals surface area contributed by atoms with Crippen LogP contribution in [0.1, 0.15) is 18.7 Å². The Morgan fingerprint density at radius 2 is 1.89 bits per heavy atom. The Morgan fingerprint density at radius 3 is 2.61 bits per heavy atom. The van der Waals surface area contributed by atoms with Crippen molar-refractivity contribution in [1.82, 2.24) is 5.32 Å². The summed E-state index contributed by atoms with van der Waals surface area (Å²) >= 11 is 1.34. The van der Waals surface area contributed by atoms with E-state index in [-0.39, 0.29) is 24.3 Å². The predicted molar refractivity (Wildman–Crippen MR) is 107 cm³/mol. The van der Waals surface area contributed by atoms with E-state index < -0.39 is 5.97 Å². The number of nitrogens with one attached hydrogen (secondary N) is 1. The minimum absolute atomic E-state index is 0.124. The van der Waals surface area contributed by atoms with Gasteiger partial charge in [0.25, 0.3) is 5.91 Å². The van der Waals surface area contributed by atoms with Gasteiger partial charge in [-0.3, -0.25) is 9.59 Å². The average molecular weight is 399 g/mol. The van der Waals surface area contributed by atoms with Crippen LogP contribution in [0.3, 0.4) is 0 Å². The van der Waals surface area contributed by atoms with Gasteiger partial charge in [-0.1, -0.05) is 18.2 Å². The van der Waals surface area contributed by atoms with E-state index in [9.17, 15) is 9.59 Å². The van der Waals surface area contributed by atoms with Crippen LogP contribution >= 0.6 is 11.8 Å². The molecular formula is C21H21NO5S. The summed E-state index contributed by atoms with van der Waals surface area (Å²) in [6.07, 6.45) is 0. The molecular weight excluding hydrogens is 378 g/mol. The minimum Gasteiger partial charge on any atom is -0.497 e. The topological polar surface area (TPSA) is 77.8 Å². The van der Waals surface area contributed by atoms with Gasteiger partial charge in [0.05, 0.1) is 18.9 Å². The second kappa shape index (κ2) is 9.32. The van der Waals surface area contributed by atoms with Crippen molar-refractivity contribution in [3.05, 3.63) is 60.4 Å². The van der Waals surface area contributed by atoms with Gasteiger partial charge in [0.15, 0.2) is 6.61 Å². The highest BCUT2D eigenvalue weighted by molar-refractivity contribution is 8.00. The molecule has 0 spiro atoms. The van der Waals surface area contributed by atoms with Crippen molar-refractivity contribution >= 4 is 34.6 Å². The SMILES string of the molecule is COc1ccc(SCC(=O)OCC(=O)N[C@H](C)c2cc3ccccc3o2)cc1. The zero-order valence-electron chi connectivity index (χ0n) is 15.6. The van der Waals surface area contributed by atoms with Crippen molar-refractivity contribution in [3.8, 4) is 5.75 Å². The number of carbonyl (C=O) groups is 2. The molecule has 1 N–H and O–H groups in total. The summed E-state index contributed by atoms with van der Waals surface area (Å²) < 4.78 is 15.9. The zero-order chi connectivity index (χ0) is 19.9. The van der Waals surface area contributed by atoms with E-state index in [4.69, 9.17) is 13.9 Å². The molecule has 3 aromatic rings. The maximum absolute atomic E-state index is 12.0.